The molecule has 14 heavy (non-hydrogen) atoms. The summed E-state index contributed by atoms with van der Waals surface area (Å²) in [6.45, 7) is 2.92. The molecule has 0 saturated heterocycles. The molecule has 1 aromatic rings. The van der Waals surface area contributed by atoms with E-state index in [2.05, 4.69) is 38.3 Å². The van der Waals surface area contributed by atoms with E-state index in [-0.39, 0.29) is 0 Å². The lowest BCUT2D eigenvalue weighted by Gasteiger charge is -2.19. The minimum atomic E-state index is 0.722. The van der Waals surface area contributed by atoms with E-state index in [9.17, 15) is 0 Å². The summed E-state index contributed by atoms with van der Waals surface area (Å²) in [5.41, 5.74) is 8.34. The molecular weight excluding hydrogens is 167 g/mol. The zero-order chi connectivity index (χ0) is 10.9. The van der Waals surface area contributed by atoms with Crippen LogP contribution in [-0.2, 0) is 11.3 Å². The molecule has 1 rings (SSSR count). The van der Waals surface area contributed by atoms with Gasteiger partial charge in [-0.05, 0) is 12.5 Å². The van der Waals surface area contributed by atoms with E-state index in [0.29, 0.717) is 0 Å². The lowest BCUT2D eigenvalue weighted by atomic mass is 9.65. The molecule has 1 aromatic carbocycles. The molecule has 0 atom stereocenters. The summed E-state index contributed by atoms with van der Waals surface area (Å²) < 4.78 is 5.24. The van der Waals surface area contributed by atoms with Crippen molar-refractivity contribution in [2.75, 3.05) is 7.11 Å². The van der Waals surface area contributed by atoms with Crippen LogP contribution in [-0.4, -0.2) is 38.5 Å². The summed E-state index contributed by atoms with van der Waals surface area (Å²) >= 11 is 0. The van der Waals surface area contributed by atoms with Crippen LogP contribution in [0.4, 0.5) is 0 Å². The zero-order valence-electron chi connectivity index (χ0n) is 10.1. The van der Waals surface area contributed by atoms with Gasteiger partial charge in [0.2, 0.25) is 0 Å². The van der Waals surface area contributed by atoms with E-state index >= 15 is 0 Å². The Kier molecular flexibility index (Phi) is 3.54. The Morgan fingerprint density at radius 1 is 0.929 bits per heavy atom. The third-order valence-corrected chi connectivity index (χ3v) is 3.44. The summed E-state index contributed by atoms with van der Waals surface area (Å²) in [5.74, 6) is 0. The lowest BCUT2D eigenvalue weighted by Crippen LogP contribution is -2.46. The summed E-state index contributed by atoms with van der Waals surface area (Å²) in [7, 11) is 10.5. The Bertz CT molecular complexity index is 333. The molecule has 0 aromatic heterocycles. The van der Waals surface area contributed by atoms with Gasteiger partial charge < -0.3 is 4.74 Å². The molecule has 0 bridgehead atoms. The highest BCUT2D eigenvalue weighted by molar-refractivity contribution is 6.57. The van der Waals surface area contributed by atoms with Crippen LogP contribution in [0.25, 0.3) is 0 Å². The average molecular weight is 183 g/mol. The molecule has 0 unspecified atom stereocenters. The summed E-state index contributed by atoms with van der Waals surface area (Å²) in [6.07, 6.45) is 0. The van der Waals surface area contributed by atoms with Gasteiger partial charge in [0, 0.05) is 7.11 Å². The van der Waals surface area contributed by atoms with Gasteiger partial charge in [-0.2, -0.15) is 0 Å². The lowest BCUT2D eigenvalue weighted by molar-refractivity contribution is 0.186. The number of hydrogen-bond acceptors (Lipinski definition) is 1. The number of ether oxygens (including phenoxy) is 1. The fraction of sp³-hybridized carbons (Fsp3) is 0.333. The van der Waals surface area contributed by atoms with Gasteiger partial charge >= 0.3 is 0 Å². The van der Waals surface area contributed by atoms with Crippen molar-refractivity contribution in [2.45, 2.75) is 13.5 Å². The first-order chi connectivity index (χ1) is 6.50. The van der Waals surface area contributed by atoms with Crippen molar-refractivity contribution in [1.82, 2.24) is 0 Å². The zero-order valence-corrected chi connectivity index (χ0v) is 10.1. The van der Waals surface area contributed by atoms with Gasteiger partial charge in [0.1, 0.15) is 31.4 Å². The Morgan fingerprint density at radius 3 is 1.71 bits per heavy atom. The SMILES string of the molecule is Bc1c(B)c(COC)c(B)c(B)c1C. The van der Waals surface area contributed by atoms with Crippen molar-refractivity contribution in [1.29, 1.82) is 0 Å². The fourth-order valence-corrected chi connectivity index (χ4v) is 1.94. The Labute approximate surface area is 90.2 Å². The Balaban J connectivity index is 3.43. The van der Waals surface area contributed by atoms with Gasteiger partial charge in [-0.3, -0.25) is 0 Å². The quantitative estimate of drug-likeness (QED) is 0.418. The molecule has 0 aliphatic carbocycles. The maximum absolute atomic E-state index is 5.24. The second-order valence-electron chi connectivity index (χ2n) is 4.04. The minimum Gasteiger partial charge on any atom is -0.380 e. The average Bonchev–Trinajstić information content (AvgIpc) is 2.19. The van der Waals surface area contributed by atoms with Gasteiger partial charge in [0.25, 0.3) is 0 Å². The maximum atomic E-state index is 5.24. The second kappa shape index (κ2) is 4.31. The van der Waals surface area contributed by atoms with E-state index < -0.39 is 0 Å². The highest BCUT2D eigenvalue weighted by Gasteiger charge is 2.10. The van der Waals surface area contributed by atoms with Gasteiger partial charge in [0.05, 0.1) is 6.61 Å². The molecule has 0 aliphatic heterocycles. The molecule has 0 N–H and O–H groups in total. The first-order valence-corrected chi connectivity index (χ1v) is 5.05. The maximum Gasteiger partial charge on any atom is 0.138 e. The minimum absolute atomic E-state index is 0.722. The third kappa shape index (κ3) is 1.78. The molecular formula is C9H16B4O. The van der Waals surface area contributed by atoms with Crippen LogP contribution in [0.5, 0.6) is 0 Å². The summed E-state index contributed by atoms with van der Waals surface area (Å²) in [6, 6.07) is 0. The van der Waals surface area contributed by atoms with E-state index in [1.807, 2.05) is 0 Å². The Morgan fingerprint density at radius 2 is 1.36 bits per heavy atom. The molecule has 0 aliphatic rings. The summed E-state index contributed by atoms with van der Waals surface area (Å²) in [5, 5.41) is 0. The first kappa shape index (κ1) is 11.5. The van der Waals surface area contributed by atoms with Crippen LogP contribution in [0.1, 0.15) is 11.1 Å². The van der Waals surface area contributed by atoms with Crippen molar-refractivity contribution in [3.63, 3.8) is 0 Å². The van der Waals surface area contributed by atoms with Crippen LogP contribution < -0.4 is 21.9 Å². The number of rotatable bonds is 2. The highest BCUT2D eigenvalue weighted by Crippen LogP contribution is 1.92. The van der Waals surface area contributed by atoms with Crippen molar-refractivity contribution < 1.29 is 4.74 Å². The standard InChI is InChI=1S/C9H16B4O/c1-4-6(10)8(12)5(3-14-2)9(13)7(4)11/h3,10-13H2,1-2H3. The number of hydrogen-bond donors (Lipinski definition) is 0. The van der Waals surface area contributed by atoms with Gasteiger partial charge in [-0.25, -0.2) is 0 Å². The van der Waals surface area contributed by atoms with E-state index in [4.69, 9.17) is 4.74 Å². The fourth-order valence-electron chi connectivity index (χ4n) is 1.94. The molecule has 5 heteroatoms. The molecule has 0 spiro atoms. The normalized spacial score (nSPS) is 10.4. The number of methoxy groups -OCH3 is 1. The third-order valence-electron chi connectivity index (χ3n) is 3.44. The van der Waals surface area contributed by atoms with Gasteiger partial charge in [-0.15, -0.1) is 0 Å². The van der Waals surface area contributed by atoms with Crippen LogP contribution in [0.3, 0.4) is 0 Å². The predicted octanol–water partition coefficient (Wildman–Crippen LogP) is -4.82. The van der Waals surface area contributed by atoms with Crippen LogP contribution in [0.2, 0.25) is 0 Å². The smallest absolute Gasteiger partial charge is 0.138 e. The topological polar surface area (TPSA) is 9.23 Å². The number of benzene rings is 1. The van der Waals surface area contributed by atoms with Crippen molar-refractivity contribution in [2.24, 2.45) is 0 Å². The second-order valence-corrected chi connectivity index (χ2v) is 4.04. The molecule has 0 radical (unpaired) electrons. The monoisotopic (exact) mass is 184 g/mol. The van der Waals surface area contributed by atoms with Crippen molar-refractivity contribution in [3.8, 4) is 0 Å². The summed E-state index contributed by atoms with van der Waals surface area (Å²) in [4.78, 5) is 0. The van der Waals surface area contributed by atoms with E-state index in [1.165, 1.54) is 33.0 Å². The highest BCUT2D eigenvalue weighted by atomic mass is 16.5. The van der Waals surface area contributed by atoms with E-state index in [0.717, 1.165) is 6.61 Å². The van der Waals surface area contributed by atoms with Crippen molar-refractivity contribution >= 4 is 53.2 Å². The van der Waals surface area contributed by atoms with Crippen molar-refractivity contribution in [3.05, 3.63) is 11.1 Å². The Hall–Kier alpha value is -0.560. The van der Waals surface area contributed by atoms with Crippen LogP contribution in [0, 0.1) is 6.92 Å². The first-order valence-electron chi connectivity index (χ1n) is 5.05. The van der Waals surface area contributed by atoms with Crippen LogP contribution in [0.15, 0.2) is 0 Å². The molecule has 0 heterocycles. The molecule has 0 amide bonds. The van der Waals surface area contributed by atoms with Gasteiger partial charge in [-0.1, -0.05) is 27.4 Å². The van der Waals surface area contributed by atoms with E-state index in [1.54, 1.807) is 7.11 Å². The van der Waals surface area contributed by atoms with Crippen LogP contribution >= 0.6 is 0 Å². The molecule has 0 saturated carbocycles. The van der Waals surface area contributed by atoms with Gasteiger partial charge in [0.15, 0.2) is 0 Å². The molecule has 1 nitrogen and oxygen atoms in total. The predicted molar refractivity (Wildman–Crippen MR) is 74.6 cm³/mol. The molecule has 70 valence electrons. The largest absolute Gasteiger partial charge is 0.380 e. The molecule has 0 fully saturated rings.